The van der Waals surface area contributed by atoms with Gasteiger partial charge in [-0.25, -0.2) is 8.42 Å². The highest BCUT2D eigenvalue weighted by Gasteiger charge is 2.21. The zero-order valence-electron chi connectivity index (χ0n) is 16.2. The molecule has 0 radical (unpaired) electrons. The number of anilines is 2. The number of ether oxygens (including phenoxy) is 3. The molecule has 3 rings (SSSR count). The molecule has 0 saturated carbocycles. The molecule has 1 N–H and O–H groups in total. The van der Waals surface area contributed by atoms with Gasteiger partial charge in [0.25, 0.3) is 10.0 Å². The van der Waals surface area contributed by atoms with Gasteiger partial charge in [-0.1, -0.05) is 12.1 Å². The Hall–Kier alpha value is -2.45. The molecule has 0 spiro atoms. The highest BCUT2D eigenvalue weighted by atomic mass is 32.2. The van der Waals surface area contributed by atoms with Crippen molar-refractivity contribution in [2.45, 2.75) is 18.7 Å². The van der Waals surface area contributed by atoms with Gasteiger partial charge < -0.3 is 19.1 Å². The smallest absolute Gasteiger partial charge is 0.262 e. The fourth-order valence-electron chi connectivity index (χ4n) is 3.04. The van der Waals surface area contributed by atoms with Crippen molar-refractivity contribution < 1.29 is 22.6 Å². The molecule has 1 aliphatic rings. The first-order valence-electron chi connectivity index (χ1n) is 9.39. The van der Waals surface area contributed by atoms with Crippen molar-refractivity contribution in [1.29, 1.82) is 0 Å². The SMILES string of the molecule is CCOc1ccc(S(=O)(=O)Nc2ccccc2N2CCOCC2)cc1OCC. The lowest BCUT2D eigenvalue weighted by Gasteiger charge is -2.30. The number of benzene rings is 2. The van der Waals surface area contributed by atoms with Gasteiger partial charge in [-0.15, -0.1) is 0 Å². The van der Waals surface area contributed by atoms with Crippen LogP contribution in [-0.4, -0.2) is 47.9 Å². The van der Waals surface area contributed by atoms with E-state index in [0.717, 1.165) is 18.8 Å². The third kappa shape index (κ3) is 4.69. The van der Waals surface area contributed by atoms with Gasteiger partial charge in [0.05, 0.1) is 42.7 Å². The Morgan fingerprint density at radius 3 is 2.39 bits per heavy atom. The molecule has 7 nitrogen and oxygen atoms in total. The maximum Gasteiger partial charge on any atom is 0.262 e. The summed E-state index contributed by atoms with van der Waals surface area (Å²) in [6, 6.07) is 12.0. The van der Waals surface area contributed by atoms with Crippen molar-refractivity contribution in [3.63, 3.8) is 0 Å². The summed E-state index contributed by atoms with van der Waals surface area (Å²) in [5.41, 5.74) is 1.38. The van der Waals surface area contributed by atoms with E-state index in [-0.39, 0.29) is 4.90 Å². The van der Waals surface area contributed by atoms with Crippen molar-refractivity contribution in [3.8, 4) is 11.5 Å². The molecule has 0 aromatic heterocycles. The molecule has 1 aliphatic heterocycles. The van der Waals surface area contributed by atoms with Crippen LogP contribution in [0.2, 0.25) is 0 Å². The van der Waals surface area contributed by atoms with Gasteiger partial charge in [-0.2, -0.15) is 0 Å². The average Bonchev–Trinajstić information content (AvgIpc) is 2.70. The number of rotatable bonds is 8. The number of nitrogens with zero attached hydrogens (tertiary/aromatic N) is 1. The van der Waals surface area contributed by atoms with E-state index < -0.39 is 10.0 Å². The number of hydrogen-bond donors (Lipinski definition) is 1. The largest absolute Gasteiger partial charge is 0.490 e. The average molecular weight is 407 g/mol. The fourth-order valence-corrected chi connectivity index (χ4v) is 4.13. The highest BCUT2D eigenvalue weighted by molar-refractivity contribution is 7.92. The van der Waals surface area contributed by atoms with Crippen LogP contribution in [0, 0.1) is 0 Å². The first kappa shape index (κ1) is 20.3. The maximum absolute atomic E-state index is 13.0. The van der Waals surface area contributed by atoms with Crippen LogP contribution in [0.25, 0.3) is 0 Å². The fraction of sp³-hybridized carbons (Fsp3) is 0.400. The first-order chi connectivity index (χ1) is 13.5. The molecule has 28 heavy (non-hydrogen) atoms. The summed E-state index contributed by atoms with van der Waals surface area (Å²) in [5, 5.41) is 0. The molecule has 152 valence electrons. The van der Waals surface area contributed by atoms with Gasteiger partial charge in [-0.05, 0) is 38.1 Å². The van der Waals surface area contributed by atoms with E-state index in [9.17, 15) is 8.42 Å². The molecule has 2 aromatic carbocycles. The molecular weight excluding hydrogens is 380 g/mol. The van der Waals surface area contributed by atoms with Crippen molar-refractivity contribution in [1.82, 2.24) is 0 Å². The van der Waals surface area contributed by atoms with E-state index >= 15 is 0 Å². The van der Waals surface area contributed by atoms with Crippen LogP contribution in [0.15, 0.2) is 47.4 Å². The maximum atomic E-state index is 13.0. The molecule has 8 heteroatoms. The minimum absolute atomic E-state index is 0.121. The standard InChI is InChI=1S/C20H26N2O5S/c1-3-26-19-10-9-16(15-20(19)27-4-2)28(23,24)21-17-7-5-6-8-18(17)22-11-13-25-14-12-22/h5-10,15,21H,3-4,11-14H2,1-2H3. The van der Waals surface area contributed by atoms with Crippen LogP contribution in [0.5, 0.6) is 11.5 Å². The topological polar surface area (TPSA) is 77.1 Å². The predicted molar refractivity (Wildman–Crippen MR) is 109 cm³/mol. The van der Waals surface area contributed by atoms with E-state index in [0.29, 0.717) is 43.6 Å². The Kier molecular flexibility index (Phi) is 6.64. The molecule has 0 aliphatic carbocycles. The van der Waals surface area contributed by atoms with Crippen molar-refractivity contribution in [3.05, 3.63) is 42.5 Å². The second-order valence-electron chi connectivity index (χ2n) is 6.20. The van der Waals surface area contributed by atoms with Crippen LogP contribution in [-0.2, 0) is 14.8 Å². The highest BCUT2D eigenvalue weighted by Crippen LogP contribution is 2.33. The number of hydrogen-bond acceptors (Lipinski definition) is 6. The molecule has 0 unspecified atom stereocenters. The van der Waals surface area contributed by atoms with Crippen LogP contribution in [0.3, 0.4) is 0 Å². The minimum atomic E-state index is -3.79. The van der Waals surface area contributed by atoms with E-state index in [1.807, 2.05) is 32.0 Å². The van der Waals surface area contributed by atoms with E-state index in [1.54, 1.807) is 12.1 Å². The summed E-state index contributed by atoms with van der Waals surface area (Å²) in [6.07, 6.45) is 0. The van der Waals surface area contributed by atoms with Gasteiger partial charge in [0.15, 0.2) is 11.5 Å². The predicted octanol–water partition coefficient (Wildman–Crippen LogP) is 3.12. The van der Waals surface area contributed by atoms with Crippen molar-refractivity contribution >= 4 is 21.4 Å². The Labute approximate surface area is 166 Å². The van der Waals surface area contributed by atoms with Gasteiger partial charge in [-0.3, -0.25) is 4.72 Å². The Bertz CT molecular complexity index is 895. The second-order valence-corrected chi connectivity index (χ2v) is 7.88. The molecule has 0 bridgehead atoms. The van der Waals surface area contributed by atoms with Crippen molar-refractivity contribution in [2.75, 3.05) is 49.1 Å². The molecular formula is C20H26N2O5S. The molecule has 1 saturated heterocycles. The van der Waals surface area contributed by atoms with Crippen LogP contribution in [0.4, 0.5) is 11.4 Å². The zero-order valence-corrected chi connectivity index (χ0v) is 17.0. The van der Waals surface area contributed by atoms with E-state index in [4.69, 9.17) is 14.2 Å². The minimum Gasteiger partial charge on any atom is -0.490 e. The molecule has 0 amide bonds. The summed E-state index contributed by atoms with van der Waals surface area (Å²) in [5.74, 6) is 0.936. The van der Waals surface area contributed by atoms with Crippen LogP contribution < -0.4 is 19.1 Å². The summed E-state index contributed by atoms with van der Waals surface area (Å²) < 4.78 is 45.2. The van der Waals surface area contributed by atoms with E-state index in [1.165, 1.54) is 12.1 Å². The Morgan fingerprint density at radius 1 is 1.00 bits per heavy atom. The summed E-state index contributed by atoms with van der Waals surface area (Å²) in [6.45, 7) is 7.27. The molecule has 1 fully saturated rings. The van der Waals surface area contributed by atoms with Crippen LogP contribution in [0.1, 0.15) is 13.8 Å². The van der Waals surface area contributed by atoms with Gasteiger partial charge in [0.2, 0.25) is 0 Å². The Morgan fingerprint density at radius 2 is 1.68 bits per heavy atom. The zero-order chi connectivity index (χ0) is 20.0. The summed E-state index contributed by atoms with van der Waals surface area (Å²) in [7, 11) is -3.79. The van der Waals surface area contributed by atoms with Gasteiger partial charge in [0.1, 0.15) is 0 Å². The lowest BCUT2D eigenvalue weighted by Crippen LogP contribution is -2.36. The summed E-state index contributed by atoms with van der Waals surface area (Å²) >= 11 is 0. The molecule has 2 aromatic rings. The third-order valence-corrected chi connectivity index (χ3v) is 5.69. The van der Waals surface area contributed by atoms with Crippen LogP contribution >= 0.6 is 0 Å². The number of sulfonamides is 1. The normalized spacial score (nSPS) is 14.6. The van der Waals surface area contributed by atoms with E-state index in [2.05, 4.69) is 9.62 Å². The molecule has 1 heterocycles. The lowest BCUT2D eigenvalue weighted by molar-refractivity contribution is 0.123. The first-order valence-corrected chi connectivity index (χ1v) is 10.9. The number of para-hydroxylation sites is 2. The lowest BCUT2D eigenvalue weighted by atomic mass is 10.2. The Balaban J connectivity index is 1.89. The summed E-state index contributed by atoms with van der Waals surface area (Å²) in [4.78, 5) is 2.24. The van der Waals surface area contributed by atoms with Gasteiger partial charge >= 0.3 is 0 Å². The van der Waals surface area contributed by atoms with Crippen molar-refractivity contribution in [2.24, 2.45) is 0 Å². The quantitative estimate of drug-likeness (QED) is 0.726. The number of nitrogens with one attached hydrogen (secondary N) is 1. The number of morpholine rings is 1. The van der Waals surface area contributed by atoms with Gasteiger partial charge in [0, 0.05) is 19.2 Å². The third-order valence-electron chi connectivity index (χ3n) is 4.33. The molecule has 0 atom stereocenters. The monoisotopic (exact) mass is 406 g/mol. The second kappa shape index (κ2) is 9.16.